The Kier molecular flexibility index (Phi) is 6.27. The summed E-state index contributed by atoms with van der Waals surface area (Å²) in [5.41, 5.74) is 1.01. The van der Waals surface area contributed by atoms with Crippen LogP contribution in [0, 0.1) is 0 Å². The molecular formula is C19H21NO5. The summed E-state index contributed by atoms with van der Waals surface area (Å²) in [6.45, 7) is 0.575. The Labute approximate surface area is 146 Å². The number of likely N-dealkylation sites (N-methyl/N-ethyl adjacent to an activating group) is 1. The summed E-state index contributed by atoms with van der Waals surface area (Å²) >= 11 is 0. The molecule has 0 aromatic heterocycles. The zero-order valence-electron chi connectivity index (χ0n) is 14.4. The number of aromatic carboxylic acids is 1. The van der Waals surface area contributed by atoms with E-state index >= 15 is 0 Å². The van der Waals surface area contributed by atoms with Gasteiger partial charge in [0.1, 0.15) is 5.75 Å². The summed E-state index contributed by atoms with van der Waals surface area (Å²) in [5.74, 6) is -0.702. The molecule has 0 fully saturated rings. The first-order valence-electron chi connectivity index (χ1n) is 7.73. The van der Waals surface area contributed by atoms with E-state index in [9.17, 15) is 9.59 Å². The minimum Gasteiger partial charge on any atom is -0.478 e. The van der Waals surface area contributed by atoms with Gasteiger partial charge in [-0.25, -0.2) is 4.79 Å². The van der Waals surface area contributed by atoms with Gasteiger partial charge in [-0.1, -0.05) is 24.3 Å². The molecule has 25 heavy (non-hydrogen) atoms. The van der Waals surface area contributed by atoms with Gasteiger partial charge >= 0.3 is 5.97 Å². The highest BCUT2D eigenvalue weighted by Crippen LogP contribution is 2.19. The second-order valence-electron chi connectivity index (χ2n) is 5.78. The van der Waals surface area contributed by atoms with Gasteiger partial charge in [0.15, 0.2) is 5.78 Å². The van der Waals surface area contributed by atoms with Crippen molar-refractivity contribution in [1.29, 1.82) is 0 Å². The second-order valence-corrected chi connectivity index (χ2v) is 5.78. The van der Waals surface area contributed by atoms with Crippen LogP contribution in [0.15, 0.2) is 48.5 Å². The number of carboxylic acids is 1. The van der Waals surface area contributed by atoms with Crippen molar-refractivity contribution in [2.75, 3.05) is 27.7 Å². The van der Waals surface area contributed by atoms with E-state index in [1.54, 1.807) is 31.4 Å². The fourth-order valence-corrected chi connectivity index (χ4v) is 2.25. The van der Waals surface area contributed by atoms with Gasteiger partial charge in [0, 0.05) is 18.2 Å². The van der Waals surface area contributed by atoms with Crippen LogP contribution < -0.4 is 4.74 Å². The Balaban J connectivity index is 2.16. The number of benzene rings is 2. The number of rotatable bonds is 8. The van der Waals surface area contributed by atoms with Crippen LogP contribution in [0.25, 0.3) is 0 Å². The summed E-state index contributed by atoms with van der Waals surface area (Å²) in [7, 11) is 5.39. The van der Waals surface area contributed by atoms with Crippen molar-refractivity contribution in [3.05, 3.63) is 65.2 Å². The van der Waals surface area contributed by atoms with E-state index in [-0.39, 0.29) is 11.3 Å². The third-order valence-corrected chi connectivity index (χ3v) is 3.53. The lowest BCUT2D eigenvalue weighted by Gasteiger charge is -2.21. The maximum absolute atomic E-state index is 12.6. The van der Waals surface area contributed by atoms with Gasteiger partial charge in [-0.2, -0.15) is 0 Å². The van der Waals surface area contributed by atoms with Crippen LogP contribution in [0.5, 0.6) is 5.75 Å². The molecule has 0 bridgehead atoms. The minimum atomic E-state index is -1.03. The van der Waals surface area contributed by atoms with Gasteiger partial charge in [-0.15, -0.1) is 0 Å². The molecule has 0 heterocycles. The zero-order chi connectivity index (χ0) is 18.4. The van der Waals surface area contributed by atoms with Gasteiger partial charge in [0.05, 0.1) is 12.1 Å². The van der Waals surface area contributed by atoms with E-state index in [1.165, 1.54) is 24.3 Å². The number of methoxy groups -OCH3 is 1. The number of nitrogens with zero attached hydrogens (tertiary/aromatic N) is 1. The van der Waals surface area contributed by atoms with Gasteiger partial charge < -0.3 is 19.5 Å². The normalized spacial score (nSPS) is 12.0. The molecule has 132 valence electrons. The van der Waals surface area contributed by atoms with Crippen LogP contribution in [0.4, 0.5) is 0 Å². The Morgan fingerprint density at radius 1 is 1.04 bits per heavy atom. The molecule has 0 aliphatic carbocycles. The van der Waals surface area contributed by atoms with E-state index in [4.69, 9.17) is 14.6 Å². The standard InChI is InChI=1S/C19H21NO5/c1-20(2)12-17(24-3)25-16-6-4-5-15(11-16)18(21)13-7-9-14(10-8-13)19(22)23/h4-11,17H,12H2,1-3H3,(H,22,23). The van der Waals surface area contributed by atoms with Gasteiger partial charge in [0.25, 0.3) is 0 Å². The van der Waals surface area contributed by atoms with E-state index in [1.807, 2.05) is 19.0 Å². The predicted molar refractivity (Wildman–Crippen MR) is 93.3 cm³/mol. The third-order valence-electron chi connectivity index (χ3n) is 3.53. The maximum atomic E-state index is 12.6. The fourth-order valence-electron chi connectivity index (χ4n) is 2.25. The molecule has 2 aromatic rings. The number of hydrogen-bond donors (Lipinski definition) is 1. The van der Waals surface area contributed by atoms with Crippen LogP contribution >= 0.6 is 0 Å². The van der Waals surface area contributed by atoms with Crippen LogP contribution in [-0.2, 0) is 4.74 Å². The molecule has 0 saturated heterocycles. The largest absolute Gasteiger partial charge is 0.478 e. The first kappa shape index (κ1) is 18.6. The summed E-state index contributed by atoms with van der Waals surface area (Å²) in [6.07, 6.45) is -0.449. The lowest BCUT2D eigenvalue weighted by molar-refractivity contribution is -0.0655. The van der Waals surface area contributed by atoms with Crippen LogP contribution in [0.1, 0.15) is 26.3 Å². The van der Waals surface area contributed by atoms with Crippen molar-refractivity contribution >= 4 is 11.8 Å². The minimum absolute atomic E-state index is 0.139. The molecule has 2 rings (SSSR count). The Morgan fingerprint density at radius 2 is 1.68 bits per heavy atom. The highest BCUT2D eigenvalue weighted by atomic mass is 16.7. The molecule has 0 aliphatic heterocycles. The first-order chi connectivity index (χ1) is 11.9. The fraction of sp³-hybridized carbons (Fsp3) is 0.263. The number of carbonyl (C=O) groups excluding carboxylic acids is 1. The first-order valence-corrected chi connectivity index (χ1v) is 7.73. The lowest BCUT2D eigenvalue weighted by atomic mass is 10.0. The average Bonchev–Trinajstić information content (AvgIpc) is 2.60. The quantitative estimate of drug-likeness (QED) is 0.586. The van der Waals surface area contributed by atoms with Gasteiger partial charge in [-0.3, -0.25) is 4.79 Å². The predicted octanol–water partition coefficient (Wildman–Crippen LogP) is 2.53. The van der Waals surface area contributed by atoms with E-state index in [0.29, 0.717) is 23.4 Å². The molecule has 0 saturated carbocycles. The zero-order valence-corrected chi connectivity index (χ0v) is 14.4. The molecule has 0 amide bonds. The van der Waals surface area contributed by atoms with Crippen molar-refractivity contribution in [1.82, 2.24) is 4.90 Å². The van der Waals surface area contributed by atoms with E-state index in [0.717, 1.165) is 0 Å². The molecule has 1 N–H and O–H groups in total. The second kappa shape index (κ2) is 8.41. The molecule has 0 radical (unpaired) electrons. The average molecular weight is 343 g/mol. The molecular weight excluding hydrogens is 322 g/mol. The summed E-state index contributed by atoms with van der Waals surface area (Å²) in [4.78, 5) is 25.4. The Bertz CT molecular complexity index is 740. The number of carbonyl (C=O) groups is 2. The number of carboxylic acid groups (broad SMARTS) is 1. The smallest absolute Gasteiger partial charge is 0.335 e. The Morgan fingerprint density at radius 3 is 2.24 bits per heavy atom. The van der Waals surface area contributed by atoms with E-state index in [2.05, 4.69) is 0 Å². The van der Waals surface area contributed by atoms with Crippen molar-refractivity contribution in [2.24, 2.45) is 0 Å². The summed E-state index contributed by atoms with van der Waals surface area (Å²) in [6, 6.07) is 12.7. The van der Waals surface area contributed by atoms with Crippen molar-refractivity contribution in [3.8, 4) is 5.75 Å². The molecule has 1 unspecified atom stereocenters. The van der Waals surface area contributed by atoms with Crippen LogP contribution in [0.3, 0.4) is 0 Å². The number of hydrogen-bond acceptors (Lipinski definition) is 5. The van der Waals surface area contributed by atoms with Crippen molar-refractivity contribution < 1.29 is 24.2 Å². The van der Waals surface area contributed by atoms with Gasteiger partial charge in [-0.05, 0) is 38.4 Å². The van der Waals surface area contributed by atoms with Crippen molar-refractivity contribution in [3.63, 3.8) is 0 Å². The molecule has 1 atom stereocenters. The topological polar surface area (TPSA) is 76.1 Å². The van der Waals surface area contributed by atoms with Crippen LogP contribution in [-0.4, -0.2) is 55.8 Å². The third kappa shape index (κ3) is 5.14. The lowest BCUT2D eigenvalue weighted by Crippen LogP contribution is -2.32. The number of ketones is 1. The van der Waals surface area contributed by atoms with Crippen molar-refractivity contribution in [2.45, 2.75) is 6.29 Å². The molecule has 2 aromatic carbocycles. The number of ether oxygens (including phenoxy) is 2. The van der Waals surface area contributed by atoms with Gasteiger partial charge in [0.2, 0.25) is 6.29 Å². The SMILES string of the molecule is COC(CN(C)C)Oc1cccc(C(=O)c2ccc(C(=O)O)cc2)c1. The summed E-state index contributed by atoms with van der Waals surface area (Å²) in [5, 5.41) is 8.92. The van der Waals surface area contributed by atoms with Crippen LogP contribution in [0.2, 0.25) is 0 Å². The molecule has 6 heteroatoms. The molecule has 0 spiro atoms. The highest BCUT2D eigenvalue weighted by Gasteiger charge is 2.14. The molecule has 0 aliphatic rings. The monoisotopic (exact) mass is 343 g/mol. The van der Waals surface area contributed by atoms with E-state index < -0.39 is 12.3 Å². The summed E-state index contributed by atoms with van der Waals surface area (Å²) < 4.78 is 11.0. The Hall–Kier alpha value is -2.70. The molecule has 6 nitrogen and oxygen atoms in total. The maximum Gasteiger partial charge on any atom is 0.335 e. The highest BCUT2D eigenvalue weighted by molar-refractivity contribution is 6.09.